The Kier molecular flexibility index (Phi) is 4.19. The average molecular weight is 310 g/mol. The molecule has 1 amide bonds. The first-order valence-electron chi connectivity index (χ1n) is 7.29. The summed E-state index contributed by atoms with van der Waals surface area (Å²) in [5.74, 6) is -0.0520. The predicted molar refractivity (Wildman–Crippen MR) is 73.9 cm³/mol. The van der Waals surface area contributed by atoms with Gasteiger partial charge in [-0.3, -0.25) is 4.79 Å². The zero-order valence-electron chi connectivity index (χ0n) is 11.9. The summed E-state index contributed by atoms with van der Waals surface area (Å²) >= 11 is 0. The van der Waals surface area contributed by atoms with Gasteiger partial charge in [-0.2, -0.15) is 14.8 Å². The molecule has 1 saturated carbocycles. The Morgan fingerprint density at radius 2 is 2.27 bits per heavy atom. The van der Waals surface area contributed by atoms with Crippen molar-refractivity contribution in [3.05, 3.63) is 16.7 Å². The first-order valence-corrected chi connectivity index (χ1v) is 7.29. The van der Waals surface area contributed by atoms with E-state index in [1.165, 1.54) is 6.20 Å². The average Bonchev–Trinajstić information content (AvgIpc) is 2.77. The maximum absolute atomic E-state index is 12.0. The number of hydrogen-bond donors (Lipinski definition) is 3. The quantitative estimate of drug-likeness (QED) is 0.652. The van der Waals surface area contributed by atoms with E-state index in [0.29, 0.717) is 0 Å². The van der Waals surface area contributed by atoms with Crippen molar-refractivity contribution in [2.45, 2.75) is 44.1 Å². The van der Waals surface area contributed by atoms with Crippen molar-refractivity contribution in [2.24, 2.45) is 5.92 Å². The van der Waals surface area contributed by atoms with Gasteiger partial charge in [-0.25, -0.2) is 4.79 Å². The minimum absolute atomic E-state index is 0.0112. The van der Waals surface area contributed by atoms with Crippen LogP contribution in [-0.2, 0) is 9.53 Å². The van der Waals surface area contributed by atoms with Crippen LogP contribution in [0.15, 0.2) is 11.0 Å². The van der Waals surface area contributed by atoms with Crippen molar-refractivity contribution in [2.75, 3.05) is 11.9 Å². The van der Waals surface area contributed by atoms with Gasteiger partial charge in [0.15, 0.2) is 12.0 Å². The number of carbonyl (C=O) groups is 1. The van der Waals surface area contributed by atoms with E-state index in [0.717, 1.165) is 23.9 Å². The van der Waals surface area contributed by atoms with Gasteiger partial charge in [0, 0.05) is 12.3 Å². The summed E-state index contributed by atoms with van der Waals surface area (Å²) in [4.78, 5) is 27.5. The fourth-order valence-electron chi connectivity index (χ4n) is 2.53. The molecule has 0 bridgehead atoms. The Labute approximate surface area is 125 Å². The molecule has 2 aliphatic rings. The molecule has 9 heteroatoms. The zero-order valence-corrected chi connectivity index (χ0v) is 11.9. The minimum atomic E-state index is -0.860. The first-order chi connectivity index (χ1) is 10.6. The number of hydrogen-bond acceptors (Lipinski definition) is 7. The topological polar surface area (TPSA) is 127 Å². The van der Waals surface area contributed by atoms with Gasteiger partial charge in [0.2, 0.25) is 5.91 Å². The summed E-state index contributed by atoms with van der Waals surface area (Å²) in [6.07, 6.45) is 1.80. The van der Waals surface area contributed by atoms with Gasteiger partial charge in [0.25, 0.3) is 0 Å². The molecule has 9 nitrogen and oxygen atoms in total. The van der Waals surface area contributed by atoms with E-state index < -0.39 is 24.1 Å². The van der Waals surface area contributed by atoms with Gasteiger partial charge in [-0.05, 0) is 12.8 Å². The highest BCUT2D eigenvalue weighted by molar-refractivity contribution is 5.91. The van der Waals surface area contributed by atoms with Crippen LogP contribution in [0.2, 0.25) is 0 Å². The Bertz CT molecular complexity index is 615. The number of carbonyl (C=O) groups excluding carboxylic acids is 1. The van der Waals surface area contributed by atoms with Crippen LogP contribution < -0.4 is 11.0 Å². The number of rotatable bonds is 4. The van der Waals surface area contributed by atoms with Crippen molar-refractivity contribution in [1.29, 1.82) is 0 Å². The molecule has 1 aliphatic heterocycles. The normalized spacial score (nSPS) is 28.4. The second-order valence-electron chi connectivity index (χ2n) is 5.60. The Hall–Kier alpha value is -1.84. The highest BCUT2D eigenvalue weighted by atomic mass is 16.5. The molecule has 1 saturated heterocycles. The summed E-state index contributed by atoms with van der Waals surface area (Å²) in [7, 11) is 0. The number of amides is 1. The summed E-state index contributed by atoms with van der Waals surface area (Å²) in [5.41, 5.74) is -0.679. The lowest BCUT2D eigenvalue weighted by molar-refractivity contribution is -0.122. The second kappa shape index (κ2) is 6.11. The molecular weight excluding hydrogens is 292 g/mol. The SMILES string of the molecule is O=C(Nc1cnn([C@H]2C[C@H](O)[C@@H](CO)O2)c(=O)n1)C1CCC1. The number of aliphatic hydroxyl groups is 2. The van der Waals surface area contributed by atoms with Crippen molar-refractivity contribution in [1.82, 2.24) is 14.8 Å². The van der Waals surface area contributed by atoms with E-state index >= 15 is 0 Å². The minimum Gasteiger partial charge on any atom is -0.394 e. The summed E-state index contributed by atoms with van der Waals surface area (Å²) in [6, 6.07) is 0. The Morgan fingerprint density at radius 1 is 1.50 bits per heavy atom. The van der Waals surface area contributed by atoms with E-state index in [1.54, 1.807) is 0 Å². The van der Waals surface area contributed by atoms with Crippen molar-refractivity contribution in [3.63, 3.8) is 0 Å². The van der Waals surface area contributed by atoms with Crippen LogP contribution in [0, 0.1) is 5.92 Å². The van der Waals surface area contributed by atoms with Crippen LogP contribution in [-0.4, -0.2) is 49.7 Å². The van der Waals surface area contributed by atoms with Gasteiger partial charge in [-0.1, -0.05) is 6.42 Å². The molecule has 1 aromatic heterocycles. The third-order valence-electron chi connectivity index (χ3n) is 4.10. The van der Waals surface area contributed by atoms with Gasteiger partial charge in [-0.15, -0.1) is 0 Å². The molecule has 2 heterocycles. The van der Waals surface area contributed by atoms with Crippen LogP contribution in [0.25, 0.3) is 0 Å². The van der Waals surface area contributed by atoms with E-state index in [-0.39, 0.29) is 30.7 Å². The van der Waals surface area contributed by atoms with Crippen molar-refractivity contribution >= 4 is 11.7 Å². The number of ether oxygens (including phenoxy) is 1. The Balaban J connectivity index is 1.70. The van der Waals surface area contributed by atoms with E-state index in [4.69, 9.17) is 9.84 Å². The van der Waals surface area contributed by atoms with Crippen LogP contribution in [0.3, 0.4) is 0 Å². The molecule has 22 heavy (non-hydrogen) atoms. The predicted octanol–water partition coefficient (Wildman–Crippen LogP) is -0.982. The number of nitrogens with zero attached hydrogens (tertiary/aromatic N) is 3. The third-order valence-corrected chi connectivity index (χ3v) is 4.10. The summed E-state index contributed by atoms with van der Waals surface area (Å²) < 4.78 is 6.35. The smallest absolute Gasteiger partial charge is 0.368 e. The van der Waals surface area contributed by atoms with Crippen LogP contribution in [0.5, 0.6) is 0 Å². The lowest BCUT2D eigenvalue weighted by atomic mass is 9.85. The molecular formula is C13H18N4O5. The molecule has 0 unspecified atom stereocenters. The molecule has 3 N–H and O–H groups in total. The van der Waals surface area contributed by atoms with Crippen LogP contribution >= 0.6 is 0 Å². The molecule has 1 aliphatic carbocycles. The number of nitrogens with one attached hydrogen (secondary N) is 1. The fraction of sp³-hybridized carbons (Fsp3) is 0.692. The number of anilines is 1. The lowest BCUT2D eigenvalue weighted by Gasteiger charge is -2.23. The van der Waals surface area contributed by atoms with E-state index in [9.17, 15) is 14.7 Å². The first kappa shape index (κ1) is 15.1. The van der Waals surface area contributed by atoms with E-state index in [2.05, 4.69) is 15.4 Å². The monoisotopic (exact) mass is 310 g/mol. The molecule has 3 rings (SSSR count). The van der Waals surface area contributed by atoms with Crippen molar-refractivity contribution in [3.8, 4) is 0 Å². The molecule has 0 spiro atoms. The zero-order chi connectivity index (χ0) is 15.7. The highest BCUT2D eigenvalue weighted by Crippen LogP contribution is 2.28. The molecule has 120 valence electrons. The lowest BCUT2D eigenvalue weighted by Crippen LogP contribution is -2.33. The summed E-state index contributed by atoms with van der Waals surface area (Å²) in [5, 5.41) is 25.2. The standard InChI is InChI=1S/C13H18N4O5/c18-6-9-8(19)4-11(22-9)17-13(21)16-10(5-14-17)15-12(20)7-2-1-3-7/h5,7-9,11,18-19H,1-4,6H2,(H,15,16,20,21)/t8-,9+,11+/m0/s1. The highest BCUT2D eigenvalue weighted by Gasteiger charge is 2.35. The molecule has 0 radical (unpaired) electrons. The number of aromatic nitrogens is 3. The fourth-order valence-corrected chi connectivity index (χ4v) is 2.53. The number of aliphatic hydroxyl groups excluding tert-OH is 2. The maximum atomic E-state index is 12.0. The van der Waals surface area contributed by atoms with Crippen LogP contribution in [0.4, 0.5) is 5.82 Å². The van der Waals surface area contributed by atoms with Crippen LogP contribution in [0.1, 0.15) is 31.9 Å². The van der Waals surface area contributed by atoms with Crippen molar-refractivity contribution < 1.29 is 19.7 Å². The van der Waals surface area contributed by atoms with Gasteiger partial charge in [0.05, 0.1) is 18.9 Å². The molecule has 1 aromatic rings. The largest absolute Gasteiger partial charge is 0.394 e. The van der Waals surface area contributed by atoms with E-state index in [1.807, 2.05) is 0 Å². The molecule has 0 aromatic carbocycles. The second-order valence-corrected chi connectivity index (χ2v) is 5.60. The molecule has 3 atom stereocenters. The van der Waals surface area contributed by atoms with Gasteiger partial charge < -0.3 is 20.3 Å². The van der Waals surface area contributed by atoms with Gasteiger partial charge >= 0.3 is 5.69 Å². The maximum Gasteiger partial charge on any atom is 0.368 e. The molecule has 2 fully saturated rings. The third kappa shape index (κ3) is 2.87. The summed E-state index contributed by atoms with van der Waals surface area (Å²) in [6.45, 7) is -0.338. The Morgan fingerprint density at radius 3 is 2.82 bits per heavy atom. The van der Waals surface area contributed by atoms with Gasteiger partial charge in [0.1, 0.15) is 6.10 Å².